The molecule has 0 fully saturated rings. The summed E-state index contributed by atoms with van der Waals surface area (Å²) < 4.78 is 0. The number of unbranched alkanes of at least 4 members (excludes halogenated alkanes) is 9. The van der Waals surface area contributed by atoms with Crippen molar-refractivity contribution in [3.63, 3.8) is 0 Å². The van der Waals surface area contributed by atoms with Crippen molar-refractivity contribution in [2.24, 2.45) is 0 Å². The Morgan fingerprint density at radius 3 is 1.33 bits per heavy atom. The van der Waals surface area contributed by atoms with Crippen molar-refractivity contribution in [1.29, 1.82) is 0 Å². The van der Waals surface area contributed by atoms with E-state index in [0.717, 1.165) is 0 Å². The van der Waals surface area contributed by atoms with Crippen molar-refractivity contribution < 1.29 is 34.5 Å². The van der Waals surface area contributed by atoms with Crippen LogP contribution in [0, 0.1) is 0 Å². The zero-order chi connectivity index (χ0) is 14.3. The van der Waals surface area contributed by atoms with Gasteiger partial charge >= 0.3 is 95.8 Å². The summed E-state index contributed by atoms with van der Waals surface area (Å²) >= 11 is 5.49. The molecule has 0 aliphatic heterocycles. The Hall–Kier alpha value is 1.22. The quantitative estimate of drug-likeness (QED) is 0.333. The van der Waals surface area contributed by atoms with E-state index in [9.17, 15) is 0 Å². The zero-order valence-electron chi connectivity index (χ0n) is 11.3. The second kappa shape index (κ2) is 16.3. The molecule has 3 nitrogen and oxygen atoms in total. The predicted octanol–water partition coefficient (Wildman–Crippen LogP) is 2.16. The molecule has 0 aliphatic rings. The second-order valence-electron chi connectivity index (χ2n) is 4.33. The Labute approximate surface area is 129 Å². The third-order valence-corrected chi connectivity index (χ3v) is 3.21. The Morgan fingerprint density at radius 2 is 1.06 bits per heavy atom. The van der Waals surface area contributed by atoms with Gasteiger partial charge in [0, 0.05) is 0 Å². The largest absolute Gasteiger partial charge is 0.844 e. The third-order valence-electron chi connectivity index (χ3n) is 2.50. The molecule has 0 aromatic carbocycles. The minimum atomic E-state index is -4.56. The van der Waals surface area contributed by atoms with Crippen LogP contribution in [0.1, 0.15) is 71.1 Å². The van der Waals surface area contributed by atoms with E-state index in [4.69, 9.17) is 14.7 Å². The molecule has 0 amide bonds. The summed E-state index contributed by atoms with van der Waals surface area (Å²) in [7, 11) is 0. The molecule has 0 spiro atoms. The summed E-state index contributed by atoms with van der Waals surface area (Å²) in [6.45, 7) is -2.27. The van der Waals surface area contributed by atoms with E-state index >= 15 is 0 Å². The van der Waals surface area contributed by atoms with Crippen LogP contribution in [0.4, 0.5) is 0 Å². The van der Waals surface area contributed by atoms with Crippen molar-refractivity contribution in [2.75, 3.05) is 0 Å². The first-order valence-corrected chi connectivity index (χ1v) is 10.7. The van der Waals surface area contributed by atoms with E-state index in [0.29, 0.717) is 0 Å². The van der Waals surface area contributed by atoms with Gasteiger partial charge in [-0.1, -0.05) is 0 Å². The van der Waals surface area contributed by atoms with E-state index in [1.165, 1.54) is 69.0 Å². The molecular formula is C12H25MoO3PS. The molecule has 6 heteroatoms. The standard InChI is InChI=1S/C12H25.Mo.H3O3PS/c1-3-5-7-9-11-12-10-8-6-4-2;;1-4(2,3)5/h1,3-12H2,2H3;;(H3,1,2,3,5)/q;+3;/p-3. The Kier molecular flexibility index (Phi) is 19.5. The molecule has 0 rings (SSSR count). The Bertz CT molecular complexity index is 181. The fourth-order valence-electron chi connectivity index (χ4n) is 1.59. The van der Waals surface area contributed by atoms with Crippen LogP contribution in [0.15, 0.2) is 0 Å². The summed E-state index contributed by atoms with van der Waals surface area (Å²) in [5.41, 5.74) is 0. The first-order chi connectivity index (χ1) is 8.41. The van der Waals surface area contributed by atoms with Crippen molar-refractivity contribution >= 4 is 18.5 Å². The van der Waals surface area contributed by atoms with Gasteiger partial charge in [0.05, 0.1) is 0 Å². The molecule has 0 aliphatic carbocycles. The van der Waals surface area contributed by atoms with Crippen LogP contribution < -0.4 is 14.7 Å². The van der Waals surface area contributed by atoms with Crippen LogP contribution in [0.5, 0.6) is 0 Å². The molecule has 0 atom stereocenters. The predicted molar refractivity (Wildman–Crippen MR) is 70.9 cm³/mol. The van der Waals surface area contributed by atoms with Gasteiger partial charge in [-0.25, -0.2) is 0 Å². The number of hydrogen-bond acceptors (Lipinski definition) is 4. The molecule has 0 unspecified atom stereocenters. The van der Waals surface area contributed by atoms with Gasteiger partial charge in [-0.2, -0.15) is 11.8 Å². The maximum Gasteiger partial charge on any atom is -0.151 e. The minimum Gasteiger partial charge on any atom is -0.844 e. The van der Waals surface area contributed by atoms with Crippen molar-refractivity contribution in [2.45, 2.75) is 75.9 Å². The molecule has 0 saturated carbocycles. The van der Waals surface area contributed by atoms with Crippen molar-refractivity contribution in [3.05, 3.63) is 0 Å². The van der Waals surface area contributed by atoms with Gasteiger partial charge in [0.1, 0.15) is 0 Å². The fraction of sp³-hybridized carbons (Fsp3) is 1.00. The zero-order valence-corrected chi connectivity index (χ0v) is 15.0. The molecule has 0 bridgehead atoms. The molecular weight excluding hydrogens is 351 g/mol. The van der Waals surface area contributed by atoms with Gasteiger partial charge in [-0.05, 0) is 0 Å². The summed E-state index contributed by atoms with van der Waals surface area (Å²) in [4.78, 5) is 28.1. The molecule has 18 heavy (non-hydrogen) atoms. The van der Waals surface area contributed by atoms with Gasteiger partial charge in [0.15, 0.2) is 0 Å². The maximum atomic E-state index is 8.92. The fourth-order valence-corrected chi connectivity index (χ4v) is 2.09. The van der Waals surface area contributed by atoms with Crippen LogP contribution in [0.3, 0.4) is 0 Å². The second-order valence-corrected chi connectivity index (χ2v) is 7.57. The average molecular weight is 376 g/mol. The first kappa shape index (κ1) is 21.5. The van der Waals surface area contributed by atoms with Gasteiger partial charge in [-0.15, -0.1) is 0 Å². The average Bonchev–Trinajstić information content (AvgIpc) is 2.25. The number of rotatable bonds is 10. The van der Waals surface area contributed by atoms with Gasteiger partial charge in [0.25, 0.3) is 0 Å². The van der Waals surface area contributed by atoms with Gasteiger partial charge < -0.3 is 21.4 Å². The van der Waals surface area contributed by atoms with Crippen molar-refractivity contribution in [3.8, 4) is 0 Å². The van der Waals surface area contributed by atoms with E-state index < -0.39 is 6.72 Å². The molecule has 0 saturated heterocycles. The first-order valence-electron chi connectivity index (χ1n) is 6.73. The summed E-state index contributed by atoms with van der Waals surface area (Å²) in [5.74, 6) is 0. The topological polar surface area (TPSA) is 69.2 Å². The molecule has 0 radical (unpaired) electrons. The Balaban J connectivity index is 0. The van der Waals surface area contributed by atoms with Crippen LogP contribution in [0.25, 0.3) is 0 Å². The van der Waals surface area contributed by atoms with E-state index in [-0.39, 0.29) is 0 Å². The van der Waals surface area contributed by atoms with Gasteiger partial charge in [-0.3, -0.25) is 0 Å². The smallest absolute Gasteiger partial charge is 0.151 e. The SMILES string of the molecule is CCCCCCCCCCC[CH2][Mo+3].[O-]P([O-])([O-])=S. The Morgan fingerprint density at radius 1 is 0.778 bits per heavy atom. The molecule has 0 aromatic rings. The minimum absolute atomic E-state index is 1.37. The van der Waals surface area contributed by atoms with Crippen molar-refractivity contribution in [1.82, 2.24) is 0 Å². The van der Waals surface area contributed by atoms with Crippen LogP contribution in [-0.4, -0.2) is 0 Å². The van der Waals surface area contributed by atoms with Gasteiger partial charge in [0.2, 0.25) is 0 Å². The van der Waals surface area contributed by atoms with Crippen LogP contribution in [-0.2, 0) is 31.6 Å². The summed E-state index contributed by atoms with van der Waals surface area (Å²) in [6, 6.07) is 0. The van der Waals surface area contributed by atoms with E-state index in [1.807, 2.05) is 0 Å². The summed E-state index contributed by atoms with van der Waals surface area (Å²) in [5, 5.41) is 0. The maximum absolute atomic E-state index is 8.92. The number of hydrogen-bond donors (Lipinski definition) is 0. The van der Waals surface area contributed by atoms with Crippen LogP contribution >= 0.6 is 6.72 Å². The normalized spacial score (nSPS) is 10.8. The summed E-state index contributed by atoms with van der Waals surface area (Å²) in [6.07, 6.45) is 14.6. The van der Waals surface area contributed by atoms with Crippen LogP contribution in [0.2, 0.25) is 4.81 Å². The molecule has 108 valence electrons. The molecule has 0 heterocycles. The molecule has 0 aromatic heterocycles. The van der Waals surface area contributed by atoms with E-state index in [1.54, 1.807) is 0 Å². The third kappa shape index (κ3) is 36.0. The molecule has 0 N–H and O–H groups in total. The monoisotopic (exact) mass is 378 g/mol. The van der Waals surface area contributed by atoms with E-state index in [2.05, 4.69) is 38.5 Å².